The zero-order chi connectivity index (χ0) is 15.0. The molecule has 3 N–H and O–H groups in total. The zero-order valence-electron chi connectivity index (χ0n) is 11.3. The molecule has 0 aliphatic heterocycles. The summed E-state index contributed by atoms with van der Waals surface area (Å²) in [5, 5.41) is 20.5. The molecule has 0 fully saturated rings. The lowest BCUT2D eigenvalue weighted by Gasteiger charge is -2.15. The fraction of sp³-hybridized carbons (Fsp3) is 0.429. The monoisotopic (exact) mass is 281 g/mol. The van der Waals surface area contributed by atoms with Gasteiger partial charge in [0.25, 0.3) is 0 Å². The van der Waals surface area contributed by atoms with Gasteiger partial charge in [0.05, 0.1) is 13.0 Å². The standard InChI is InChI=1S/C14H19NO5/c1-2-8-20-11-5-3-4-10(9-11)13(14(18)19)15-7-6-12(16)17/h3-5,9,13,15H,2,6-8H2,1H3,(H,16,17)(H,18,19). The molecule has 1 aromatic rings. The Morgan fingerprint density at radius 2 is 2.10 bits per heavy atom. The Bertz CT molecular complexity index is 461. The van der Waals surface area contributed by atoms with Crippen LogP contribution in [0.15, 0.2) is 24.3 Å². The lowest BCUT2D eigenvalue weighted by Crippen LogP contribution is -2.30. The largest absolute Gasteiger partial charge is 0.494 e. The van der Waals surface area contributed by atoms with Crippen LogP contribution in [0.25, 0.3) is 0 Å². The molecule has 0 saturated carbocycles. The van der Waals surface area contributed by atoms with Crippen molar-refractivity contribution in [1.82, 2.24) is 5.32 Å². The molecule has 1 unspecified atom stereocenters. The highest BCUT2D eigenvalue weighted by Gasteiger charge is 2.19. The number of hydrogen-bond donors (Lipinski definition) is 3. The van der Waals surface area contributed by atoms with Gasteiger partial charge in [0.2, 0.25) is 0 Å². The van der Waals surface area contributed by atoms with Crippen molar-refractivity contribution in [1.29, 1.82) is 0 Å². The average Bonchev–Trinajstić information content (AvgIpc) is 2.41. The number of benzene rings is 1. The van der Waals surface area contributed by atoms with E-state index in [1.165, 1.54) is 0 Å². The SMILES string of the molecule is CCCOc1cccc(C(NCCC(=O)O)C(=O)O)c1. The van der Waals surface area contributed by atoms with E-state index >= 15 is 0 Å². The summed E-state index contributed by atoms with van der Waals surface area (Å²) in [7, 11) is 0. The minimum Gasteiger partial charge on any atom is -0.494 e. The molecule has 6 heteroatoms. The molecule has 0 amide bonds. The minimum atomic E-state index is -1.05. The second-order valence-corrected chi connectivity index (χ2v) is 4.29. The van der Waals surface area contributed by atoms with Crippen LogP contribution in [0, 0.1) is 0 Å². The number of ether oxygens (including phenoxy) is 1. The fourth-order valence-electron chi connectivity index (χ4n) is 1.67. The Labute approximate surface area is 117 Å². The van der Waals surface area contributed by atoms with Gasteiger partial charge >= 0.3 is 11.9 Å². The molecule has 0 radical (unpaired) electrons. The molecule has 0 aliphatic carbocycles. The lowest BCUT2D eigenvalue weighted by atomic mass is 10.1. The predicted octanol–water partition coefficient (Wildman–Crippen LogP) is 1.67. The third-order valence-electron chi connectivity index (χ3n) is 2.60. The van der Waals surface area contributed by atoms with E-state index in [4.69, 9.17) is 9.84 Å². The minimum absolute atomic E-state index is 0.0896. The van der Waals surface area contributed by atoms with E-state index in [2.05, 4.69) is 5.32 Å². The normalized spacial score (nSPS) is 11.8. The van der Waals surface area contributed by atoms with Gasteiger partial charge in [-0.15, -0.1) is 0 Å². The van der Waals surface area contributed by atoms with Crippen LogP contribution in [0.2, 0.25) is 0 Å². The molecule has 0 aromatic heterocycles. The van der Waals surface area contributed by atoms with Crippen LogP contribution in [0.3, 0.4) is 0 Å². The summed E-state index contributed by atoms with van der Waals surface area (Å²) in [5.74, 6) is -1.42. The Morgan fingerprint density at radius 3 is 2.70 bits per heavy atom. The van der Waals surface area contributed by atoms with Gasteiger partial charge in [0, 0.05) is 6.54 Å². The van der Waals surface area contributed by atoms with Crippen molar-refractivity contribution in [2.75, 3.05) is 13.2 Å². The van der Waals surface area contributed by atoms with Crippen LogP contribution in [-0.2, 0) is 9.59 Å². The molecule has 0 aliphatic rings. The van der Waals surface area contributed by atoms with Gasteiger partial charge in [-0.1, -0.05) is 19.1 Å². The molecule has 0 bridgehead atoms. The zero-order valence-corrected chi connectivity index (χ0v) is 11.3. The van der Waals surface area contributed by atoms with E-state index in [1.54, 1.807) is 24.3 Å². The van der Waals surface area contributed by atoms with E-state index in [1.807, 2.05) is 6.92 Å². The van der Waals surface area contributed by atoms with Crippen LogP contribution in [-0.4, -0.2) is 35.3 Å². The summed E-state index contributed by atoms with van der Waals surface area (Å²) < 4.78 is 5.45. The highest BCUT2D eigenvalue weighted by Crippen LogP contribution is 2.20. The van der Waals surface area contributed by atoms with Gasteiger partial charge in [0.1, 0.15) is 11.8 Å². The quantitative estimate of drug-likeness (QED) is 0.637. The first-order valence-corrected chi connectivity index (χ1v) is 6.45. The number of aliphatic carboxylic acids is 2. The summed E-state index contributed by atoms with van der Waals surface area (Å²) in [4.78, 5) is 21.7. The lowest BCUT2D eigenvalue weighted by molar-refractivity contribution is -0.141. The van der Waals surface area contributed by atoms with Gasteiger partial charge in [-0.3, -0.25) is 9.59 Å². The Hall–Kier alpha value is -2.08. The molecule has 0 heterocycles. The van der Waals surface area contributed by atoms with E-state index in [0.717, 1.165) is 6.42 Å². The van der Waals surface area contributed by atoms with Crippen molar-refractivity contribution in [3.63, 3.8) is 0 Å². The second kappa shape index (κ2) is 8.16. The maximum Gasteiger partial charge on any atom is 0.325 e. The van der Waals surface area contributed by atoms with Gasteiger partial charge in [-0.25, -0.2) is 0 Å². The average molecular weight is 281 g/mol. The Morgan fingerprint density at radius 1 is 1.35 bits per heavy atom. The van der Waals surface area contributed by atoms with Crippen molar-refractivity contribution in [2.24, 2.45) is 0 Å². The maximum atomic E-state index is 11.3. The predicted molar refractivity (Wildman–Crippen MR) is 72.9 cm³/mol. The Kier molecular flexibility index (Phi) is 6.52. The van der Waals surface area contributed by atoms with Crippen molar-refractivity contribution < 1.29 is 24.5 Å². The number of rotatable bonds is 9. The molecule has 1 rings (SSSR count). The van der Waals surface area contributed by atoms with Crippen molar-refractivity contribution >= 4 is 11.9 Å². The number of carboxylic acids is 2. The molecular weight excluding hydrogens is 262 g/mol. The molecule has 1 aromatic carbocycles. The molecule has 6 nitrogen and oxygen atoms in total. The summed E-state index contributed by atoms with van der Waals surface area (Å²) >= 11 is 0. The maximum absolute atomic E-state index is 11.3. The molecule has 0 saturated heterocycles. The van der Waals surface area contributed by atoms with Crippen molar-refractivity contribution in [2.45, 2.75) is 25.8 Å². The van der Waals surface area contributed by atoms with Crippen LogP contribution in [0.5, 0.6) is 5.75 Å². The third kappa shape index (κ3) is 5.27. The molecular formula is C14H19NO5. The summed E-state index contributed by atoms with van der Waals surface area (Å²) in [5.41, 5.74) is 0.538. The molecule has 1 atom stereocenters. The summed E-state index contributed by atoms with van der Waals surface area (Å²) in [6.07, 6.45) is 0.735. The fourth-order valence-corrected chi connectivity index (χ4v) is 1.67. The first-order chi connectivity index (χ1) is 9.54. The highest BCUT2D eigenvalue weighted by atomic mass is 16.5. The van der Waals surface area contributed by atoms with Crippen LogP contribution in [0.1, 0.15) is 31.4 Å². The number of carbonyl (C=O) groups is 2. The topological polar surface area (TPSA) is 95.9 Å². The molecule has 110 valence electrons. The second-order valence-electron chi connectivity index (χ2n) is 4.29. The van der Waals surface area contributed by atoms with E-state index in [0.29, 0.717) is 17.9 Å². The smallest absolute Gasteiger partial charge is 0.325 e. The molecule has 0 spiro atoms. The van der Waals surface area contributed by atoms with Crippen LogP contribution in [0.4, 0.5) is 0 Å². The van der Waals surface area contributed by atoms with Crippen LogP contribution < -0.4 is 10.1 Å². The number of carboxylic acid groups (broad SMARTS) is 2. The van der Waals surface area contributed by atoms with Crippen molar-refractivity contribution in [3.05, 3.63) is 29.8 Å². The third-order valence-corrected chi connectivity index (χ3v) is 2.60. The first kappa shape index (κ1) is 16.0. The highest BCUT2D eigenvalue weighted by molar-refractivity contribution is 5.76. The first-order valence-electron chi connectivity index (χ1n) is 6.45. The van der Waals surface area contributed by atoms with Gasteiger partial charge in [-0.05, 0) is 24.1 Å². The van der Waals surface area contributed by atoms with E-state index in [9.17, 15) is 14.7 Å². The van der Waals surface area contributed by atoms with Crippen LogP contribution >= 0.6 is 0 Å². The number of hydrogen-bond acceptors (Lipinski definition) is 4. The van der Waals surface area contributed by atoms with Gasteiger partial charge < -0.3 is 20.3 Å². The van der Waals surface area contributed by atoms with Gasteiger partial charge in [-0.2, -0.15) is 0 Å². The summed E-state index contributed by atoms with van der Waals surface area (Å²) in [6, 6.07) is 5.86. The van der Waals surface area contributed by atoms with Gasteiger partial charge in [0.15, 0.2) is 0 Å². The Balaban J connectivity index is 2.75. The van der Waals surface area contributed by atoms with E-state index < -0.39 is 18.0 Å². The molecule has 20 heavy (non-hydrogen) atoms. The number of nitrogens with one attached hydrogen (secondary N) is 1. The van der Waals surface area contributed by atoms with E-state index in [-0.39, 0.29) is 13.0 Å². The van der Waals surface area contributed by atoms with Crippen molar-refractivity contribution in [3.8, 4) is 5.75 Å². The summed E-state index contributed by atoms with van der Waals surface area (Å²) in [6.45, 7) is 2.64.